The predicted molar refractivity (Wildman–Crippen MR) is 635 cm³/mol. The molecule has 0 bridgehead atoms. The number of carbonyl (C=O) groups is 9. The summed E-state index contributed by atoms with van der Waals surface area (Å²) in [7, 11) is 1.37. The Balaban J connectivity index is 10.4. The number of unbranched alkanes of at least 4 members (excludes halogenated alkanes) is 96. The van der Waals surface area contributed by atoms with Crippen molar-refractivity contribution in [2.24, 2.45) is 0 Å². The van der Waals surface area contributed by atoms with E-state index in [1.54, 1.807) is 0 Å². The summed E-state index contributed by atoms with van der Waals surface area (Å²) in [4.78, 5) is 160. The zero-order valence-electron chi connectivity index (χ0n) is 100. The van der Waals surface area contributed by atoms with Gasteiger partial charge in [-0.1, -0.05) is 672 Å². The number of aliphatic carboxylic acids is 1. The largest absolute Gasteiger partial charge is 0.481 e. The van der Waals surface area contributed by atoms with Crippen LogP contribution in [0.1, 0.15) is 781 Å². The maximum absolute atomic E-state index is 18.5. The van der Waals surface area contributed by atoms with E-state index < -0.39 is 105 Å². The molecular weight excluding hydrogens is 1810 g/mol. The number of rotatable bonds is 126. The monoisotopic (exact) mass is 2070 g/mol. The van der Waals surface area contributed by atoms with Gasteiger partial charge in [0.1, 0.15) is 0 Å². The van der Waals surface area contributed by atoms with Crippen LogP contribution < -0.4 is 0 Å². The lowest BCUT2D eigenvalue weighted by molar-refractivity contribution is -0.970. The third-order valence-corrected chi connectivity index (χ3v) is 34.1. The molecular formula is C135H256NO11+. The Labute approximate surface area is 915 Å². The van der Waals surface area contributed by atoms with Gasteiger partial charge in [-0.25, -0.2) is 0 Å². The molecule has 0 heterocycles. The molecule has 0 aromatic heterocycles. The molecule has 147 heavy (non-hydrogen) atoms. The van der Waals surface area contributed by atoms with Crippen LogP contribution in [0.25, 0.3) is 0 Å². The van der Waals surface area contributed by atoms with Crippen molar-refractivity contribution in [1.29, 1.82) is 0 Å². The molecule has 12 heteroatoms. The minimum Gasteiger partial charge on any atom is -0.481 e. The summed E-state index contributed by atoms with van der Waals surface area (Å²) in [5, 5.41) is 27.8. The van der Waals surface area contributed by atoms with Gasteiger partial charge in [0.25, 0.3) is 11.1 Å². The van der Waals surface area contributed by atoms with Crippen molar-refractivity contribution in [2.45, 2.75) is 804 Å². The molecule has 0 radical (unpaired) electrons. The Hall–Kier alpha value is -3.25. The summed E-state index contributed by atoms with van der Waals surface area (Å²) in [5.74, 6) is -8.83. The van der Waals surface area contributed by atoms with Crippen molar-refractivity contribution in [3.63, 3.8) is 0 Å². The Morgan fingerprint density at radius 3 is 0.422 bits per heavy atom. The van der Waals surface area contributed by atoms with Gasteiger partial charge in [0, 0.05) is 51.4 Å². The fourth-order valence-electron chi connectivity index (χ4n) is 24.6. The number of nitrogens with zero attached hydrogens (tertiary/aromatic N) is 1. The first-order chi connectivity index (χ1) is 71.9. The summed E-state index contributed by atoms with van der Waals surface area (Å²) < 4.78 is -1.77. The Kier molecular flexibility index (Phi) is 105. The first-order valence-corrected chi connectivity index (χ1v) is 67.0. The number of carboxylic acids is 1. The third kappa shape index (κ3) is 71.6. The first-order valence-electron chi connectivity index (χ1n) is 67.0. The summed E-state index contributed by atoms with van der Waals surface area (Å²) in [6.45, 7) is 18.0. The molecule has 866 valence electrons. The van der Waals surface area contributed by atoms with Crippen LogP contribution in [0.5, 0.6) is 0 Å². The van der Waals surface area contributed by atoms with E-state index in [0.717, 1.165) is 257 Å². The molecule has 0 saturated heterocycles. The average molecular weight is 2070 g/mol. The molecule has 2 N–H and O–H groups in total. The van der Waals surface area contributed by atoms with Gasteiger partial charge in [0.15, 0.2) is 17.3 Å². The van der Waals surface area contributed by atoms with Gasteiger partial charge in [0.05, 0.1) is 13.5 Å². The smallest absolute Gasteiger partial charge is 0.307 e. The van der Waals surface area contributed by atoms with E-state index in [4.69, 9.17) is 0 Å². The zero-order valence-corrected chi connectivity index (χ0v) is 100. The van der Waals surface area contributed by atoms with Gasteiger partial charge >= 0.3 is 5.97 Å². The highest BCUT2D eigenvalue weighted by Gasteiger charge is 2.84. The number of carboxylic acid groups (broad SMARTS) is 1. The van der Waals surface area contributed by atoms with Crippen LogP contribution in [-0.2, 0) is 43.2 Å². The van der Waals surface area contributed by atoms with E-state index in [-0.39, 0.29) is 70.6 Å². The normalized spacial score (nSPS) is 12.8. The van der Waals surface area contributed by atoms with Gasteiger partial charge in [0.2, 0.25) is 40.6 Å². The minimum absolute atomic E-state index is 0.143. The standard InChI is InChI=1S/C135H255NO11/c1-10-18-26-34-42-50-58-66-74-82-90-98-106-114-123(137)132(124(138)115-107-99-91-83-75-67-59-51-43-35-27-19-11-2)136(9,134(126(140)117-109-101-93-85-77-69-61-53-45-37-29-21-13-4,127(141)118-110-102-94-86-78-70-62-54-46-38-30-22-14-5)128(142)119-111-103-95-87-79-71-63-55-47-39-31-23-15-6)135(129(143)120-112-104-96-88-80-72-64-56-48-40-32-24-16-7,130(144)121-113-105-97-89-81-73-65-57-49-41-33-25-17-8)133(147,122-131(145)146)125(139)116-108-100-92-84-76-68-60-52-44-36-28-20-12-3/h132,147H,10-122H2,1-9H3/p+1. The number of Topliss-reactive ketones (excluding diaryl/α,β-unsaturated/α-hetero) is 8. The van der Waals surface area contributed by atoms with Crippen molar-refractivity contribution in [1.82, 2.24) is 0 Å². The molecule has 0 fully saturated rings. The number of ketones is 8. The van der Waals surface area contributed by atoms with Crippen LogP contribution >= 0.6 is 0 Å². The summed E-state index contributed by atoms with van der Waals surface area (Å²) in [6, 6.07) is -2.29. The van der Waals surface area contributed by atoms with Crippen LogP contribution in [0.2, 0.25) is 0 Å². The van der Waals surface area contributed by atoms with Crippen LogP contribution in [-0.4, -0.2) is 96.7 Å². The number of likely N-dealkylation sites (N-methyl/N-ethyl adjacent to an activating group) is 1. The molecule has 12 nitrogen and oxygen atoms in total. The maximum Gasteiger partial charge on any atom is 0.307 e. The molecule has 0 aliphatic rings. The lowest BCUT2D eigenvalue weighted by atomic mass is 9.59. The molecule has 0 rings (SSSR count). The quantitative estimate of drug-likeness (QED) is 0.0334. The van der Waals surface area contributed by atoms with Crippen LogP contribution in [0.15, 0.2) is 0 Å². The topological polar surface area (TPSA) is 194 Å². The first kappa shape index (κ1) is 144. The van der Waals surface area contributed by atoms with Crippen LogP contribution in [0.4, 0.5) is 0 Å². The van der Waals surface area contributed by atoms with Crippen molar-refractivity contribution < 1.29 is 57.8 Å². The number of carbonyl (C=O) groups excluding carboxylic acids is 8. The molecule has 0 aliphatic heterocycles. The van der Waals surface area contributed by atoms with E-state index in [1.165, 1.54) is 315 Å². The summed E-state index contributed by atoms with van der Waals surface area (Å²) in [6.07, 6.45) is 100. The van der Waals surface area contributed by atoms with Crippen molar-refractivity contribution in [2.75, 3.05) is 7.05 Å². The van der Waals surface area contributed by atoms with E-state index in [1.807, 2.05) is 0 Å². The van der Waals surface area contributed by atoms with Gasteiger partial charge < -0.3 is 10.2 Å². The minimum atomic E-state index is -3.59. The van der Waals surface area contributed by atoms with E-state index in [9.17, 15) is 5.11 Å². The van der Waals surface area contributed by atoms with Crippen molar-refractivity contribution in [3.05, 3.63) is 0 Å². The van der Waals surface area contributed by atoms with Crippen LogP contribution in [0, 0.1) is 0 Å². The highest BCUT2D eigenvalue weighted by Crippen LogP contribution is 2.53. The molecule has 2 unspecified atom stereocenters. The molecule has 0 aromatic rings. The summed E-state index contributed by atoms with van der Waals surface area (Å²) >= 11 is 0. The van der Waals surface area contributed by atoms with Crippen LogP contribution in [0.3, 0.4) is 0 Å². The number of hydrogen-bond acceptors (Lipinski definition) is 10. The number of quaternary nitrogens is 1. The second kappa shape index (κ2) is 107. The van der Waals surface area contributed by atoms with Gasteiger partial charge in [-0.15, -0.1) is 0 Å². The fraction of sp³-hybridized carbons (Fsp3) is 0.933. The Morgan fingerprint density at radius 2 is 0.286 bits per heavy atom. The zero-order chi connectivity index (χ0) is 108. The van der Waals surface area contributed by atoms with Crippen molar-refractivity contribution in [3.8, 4) is 0 Å². The van der Waals surface area contributed by atoms with E-state index in [2.05, 4.69) is 55.4 Å². The molecule has 0 amide bonds. The molecule has 0 aromatic carbocycles. The number of aliphatic hydroxyl groups is 1. The van der Waals surface area contributed by atoms with Gasteiger partial charge in [-0.05, 0) is 51.4 Å². The SMILES string of the molecule is CCCCCCCCCCCCCCCC(=O)C(C(=O)CCCCCCCCCCCCCCC)[N+](C)(C(C(=O)CCCCCCCCCCCCCCC)(C(=O)CCCCCCCCCCCCCCC)C(=O)CCCCCCCCCCCCCCC)C(C(=O)CCCCCCCCCCCCCCC)(C(=O)CCCCCCCCCCCCCCC)C(O)(CC(=O)O)C(=O)CCCCCCCCCCCCCCC. The third-order valence-electron chi connectivity index (χ3n) is 34.1. The second-order valence-corrected chi connectivity index (χ2v) is 47.7. The molecule has 0 aliphatic carbocycles. The second-order valence-electron chi connectivity index (χ2n) is 47.7. The molecule has 2 atom stereocenters. The highest BCUT2D eigenvalue weighted by atomic mass is 16.4. The van der Waals surface area contributed by atoms with E-state index in [0.29, 0.717) is 64.2 Å². The molecule has 0 spiro atoms. The molecule has 0 saturated carbocycles. The van der Waals surface area contributed by atoms with Gasteiger partial charge in [-0.3, -0.25) is 47.6 Å². The summed E-state index contributed by atoms with van der Waals surface area (Å²) in [5.41, 5.74) is -10.4. The van der Waals surface area contributed by atoms with Crippen molar-refractivity contribution >= 4 is 52.2 Å². The lowest BCUT2D eigenvalue weighted by Gasteiger charge is -2.62. The maximum atomic E-state index is 18.5. The number of hydrogen-bond donors (Lipinski definition) is 2. The fourth-order valence-corrected chi connectivity index (χ4v) is 24.6. The Bertz CT molecular complexity index is 2790. The predicted octanol–water partition coefficient (Wildman–Crippen LogP) is 42.9. The van der Waals surface area contributed by atoms with Gasteiger partial charge in [-0.2, -0.15) is 0 Å². The Morgan fingerprint density at radius 1 is 0.170 bits per heavy atom. The highest BCUT2D eigenvalue weighted by molar-refractivity contribution is 6.30. The lowest BCUT2D eigenvalue weighted by Crippen LogP contribution is -2.93. The van der Waals surface area contributed by atoms with E-state index >= 15 is 48.3 Å². The average Bonchev–Trinajstić information content (AvgIpc) is 0.660.